The normalized spacial score (nSPS) is 17.6. The van der Waals surface area contributed by atoms with Gasteiger partial charge < -0.3 is 5.11 Å². The summed E-state index contributed by atoms with van der Waals surface area (Å²) in [5.74, 6) is 0.427. The lowest BCUT2D eigenvalue weighted by Gasteiger charge is -2.26. The Morgan fingerprint density at radius 3 is 2.82 bits per heavy atom. The van der Waals surface area contributed by atoms with Crippen LogP contribution in [0.5, 0.6) is 5.75 Å². The quantitative estimate of drug-likeness (QED) is 0.876. The van der Waals surface area contributed by atoms with Crippen LogP contribution in [0, 0.1) is 0 Å². The topological polar surface area (TPSA) is 23.5 Å². The Kier molecular flexibility index (Phi) is 3.04. The summed E-state index contributed by atoms with van der Waals surface area (Å²) in [5, 5.41) is 13.2. The molecular formula is C14H17NOS. The lowest BCUT2D eigenvalue weighted by atomic mass is 10.1. The summed E-state index contributed by atoms with van der Waals surface area (Å²) >= 11 is 1.73. The highest BCUT2D eigenvalue weighted by Crippen LogP contribution is 2.33. The Morgan fingerprint density at radius 2 is 2.00 bits per heavy atom. The van der Waals surface area contributed by atoms with Gasteiger partial charge >= 0.3 is 0 Å². The lowest BCUT2D eigenvalue weighted by molar-refractivity contribution is 0.222. The third kappa shape index (κ3) is 2.17. The van der Waals surface area contributed by atoms with E-state index in [1.54, 1.807) is 17.4 Å². The zero-order valence-electron chi connectivity index (χ0n) is 9.85. The lowest BCUT2D eigenvalue weighted by Crippen LogP contribution is -2.28. The Morgan fingerprint density at radius 1 is 1.18 bits per heavy atom. The van der Waals surface area contributed by atoms with Crippen molar-refractivity contribution in [2.24, 2.45) is 0 Å². The van der Waals surface area contributed by atoms with Gasteiger partial charge in [0, 0.05) is 16.6 Å². The molecule has 17 heavy (non-hydrogen) atoms. The molecule has 0 amide bonds. The summed E-state index contributed by atoms with van der Waals surface area (Å²) in [5.41, 5.74) is 1.28. The molecule has 0 radical (unpaired) electrons. The van der Waals surface area contributed by atoms with Gasteiger partial charge in [-0.05, 0) is 49.0 Å². The summed E-state index contributed by atoms with van der Waals surface area (Å²) in [4.78, 5) is 2.50. The van der Waals surface area contributed by atoms with Crippen LogP contribution in [-0.2, 0) is 6.54 Å². The van der Waals surface area contributed by atoms with Crippen molar-refractivity contribution in [1.29, 1.82) is 0 Å². The van der Waals surface area contributed by atoms with E-state index < -0.39 is 0 Å². The van der Waals surface area contributed by atoms with Gasteiger partial charge in [-0.1, -0.05) is 12.5 Å². The summed E-state index contributed by atoms with van der Waals surface area (Å²) in [7, 11) is 0. The van der Waals surface area contributed by atoms with E-state index in [1.165, 1.54) is 42.6 Å². The maximum atomic E-state index is 9.96. The summed E-state index contributed by atoms with van der Waals surface area (Å²) in [6.07, 6.45) is 3.99. The molecule has 3 heteroatoms. The molecule has 0 aliphatic carbocycles. The molecule has 0 bridgehead atoms. The molecule has 90 valence electrons. The number of hydrogen-bond acceptors (Lipinski definition) is 3. The van der Waals surface area contributed by atoms with Crippen molar-refractivity contribution in [1.82, 2.24) is 4.90 Å². The first kappa shape index (κ1) is 11.1. The van der Waals surface area contributed by atoms with E-state index in [0.29, 0.717) is 5.75 Å². The highest BCUT2D eigenvalue weighted by atomic mass is 32.1. The van der Waals surface area contributed by atoms with Gasteiger partial charge in [-0.15, -0.1) is 11.3 Å². The fraction of sp³-hybridized carbons (Fsp3) is 0.429. The molecule has 0 atom stereocenters. The van der Waals surface area contributed by atoms with Crippen LogP contribution in [0.1, 0.15) is 24.8 Å². The predicted molar refractivity (Wildman–Crippen MR) is 72.6 cm³/mol. The number of fused-ring (bicyclic) bond motifs is 1. The van der Waals surface area contributed by atoms with Crippen LogP contribution in [-0.4, -0.2) is 23.1 Å². The van der Waals surface area contributed by atoms with Crippen LogP contribution in [0.3, 0.4) is 0 Å². The average molecular weight is 247 g/mol. The molecule has 1 fully saturated rings. The molecule has 1 aromatic heterocycles. The first-order chi connectivity index (χ1) is 8.34. The molecule has 1 aromatic carbocycles. The minimum Gasteiger partial charge on any atom is -0.507 e. The second-order valence-electron chi connectivity index (χ2n) is 4.75. The predicted octanol–water partition coefficient (Wildman–Crippen LogP) is 3.59. The van der Waals surface area contributed by atoms with E-state index in [1.807, 2.05) is 6.07 Å². The monoisotopic (exact) mass is 247 g/mol. The van der Waals surface area contributed by atoms with E-state index in [2.05, 4.69) is 16.3 Å². The van der Waals surface area contributed by atoms with Crippen LogP contribution in [0.15, 0.2) is 23.6 Å². The smallest absolute Gasteiger partial charge is 0.124 e. The van der Waals surface area contributed by atoms with Crippen LogP contribution in [0.2, 0.25) is 0 Å². The van der Waals surface area contributed by atoms with E-state index in [-0.39, 0.29) is 0 Å². The number of phenols is 1. The van der Waals surface area contributed by atoms with Gasteiger partial charge in [0.05, 0.1) is 0 Å². The van der Waals surface area contributed by atoms with Crippen molar-refractivity contribution in [3.63, 3.8) is 0 Å². The van der Waals surface area contributed by atoms with E-state index in [4.69, 9.17) is 0 Å². The average Bonchev–Trinajstić information content (AvgIpc) is 2.75. The van der Waals surface area contributed by atoms with Gasteiger partial charge in [-0.2, -0.15) is 0 Å². The van der Waals surface area contributed by atoms with Gasteiger partial charge in [0.1, 0.15) is 5.75 Å². The molecular weight excluding hydrogens is 230 g/mol. The first-order valence-electron chi connectivity index (χ1n) is 6.25. The van der Waals surface area contributed by atoms with Gasteiger partial charge in [0.2, 0.25) is 0 Å². The number of likely N-dealkylation sites (tertiary alicyclic amines) is 1. The number of aromatic hydroxyl groups is 1. The van der Waals surface area contributed by atoms with Gasteiger partial charge in [0.25, 0.3) is 0 Å². The maximum absolute atomic E-state index is 9.96. The zero-order valence-corrected chi connectivity index (χ0v) is 10.7. The Labute approximate surface area is 105 Å². The minimum absolute atomic E-state index is 0.427. The summed E-state index contributed by atoms with van der Waals surface area (Å²) < 4.78 is 1.19. The van der Waals surface area contributed by atoms with E-state index in [0.717, 1.165) is 11.9 Å². The zero-order chi connectivity index (χ0) is 11.7. The molecule has 2 aromatic rings. The summed E-state index contributed by atoms with van der Waals surface area (Å²) in [6.45, 7) is 3.38. The molecule has 0 unspecified atom stereocenters. The molecule has 0 spiro atoms. The number of nitrogens with zero attached hydrogens (tertiary/aromatic N) is 1. The SMILES string of the molecule is Oc1cccc2scc(CN3CCCCC3)c12. The molecule has 3 rings (SSSR count). The number of phenolic OH excluding ortho intramolecular Hbond substituents is 1. The number of piperidine rings is 1. The van der Waals surface area contributed by atoms with Crippen LogP contribution in [0.25, 0.3) is 10.1 Å². The maximum Gasteiger partial charge on any atom is 0.124 e. The van der Waals surface area contributed by atoms with Crippen LogP contribution in [0.4, 0.5) is 0 Å². The number of benzene rings is 1. The highest BCUT2D eigenvalue weighted by molar-refractivity contribution is 7.17. The standard InChI is InChI=1S/C14H17NOS/c16-12-5-4-6-13-14(12)11(10-17-13)9-15-7-2-1-3-8-15/h4-6,10,16H,1-3,7-9H2. The Bertz CT molecular complexity index is 514. The summed E-state index contributed by atoms with van der Waals surface area (Å²) in [6, 6.07) is 5.78. The third-order valence-corrected chi connectivity index (χ3v) is 4.49. The Hall–Kier alpha value is -1.06. The fourth-order valence-corrected chi connectivity index (χ4v) is 3.58. The largest absolute Gasteiger partial charge is 0.507 e. The Balaban J connectivity index is 1.89. The van der Waals surface area contributed by atoms with Crippen LogP contribution >= 0.6 is 11.3 Å². The van der Waals surface area contributed by atoms with Crippen molar-refractivity contribution < 1.29 is 5.11 Å². The van der Waals surface area contributed by atoms with E-state index in [9.17, 15) is 5.11 Å². The van der Waals surface area contributed by atoms with Crippen molar-refractivity contribution in [3.8, 4) is 5.75 Å². The third-order valence-electron chi connectivity index (χ3n) is 3.50. The number of hydrogen-bond donors (Lipinski definition) is 1. The van der Waals surface area contributed by atoms with Crippen molar-refractivity contribution in [2.75, 3.05) is 13.1 Å². The second-order valence-corrected chi connectivity index (χ2v) is 5.66. The van der Waals surface area contributed by atoms with Gasteiger partial charge in [-0.3, -0.25) is 4.90 Å². The van der Waals surface area contributed by atoms with Crippen molar-refractivity contribution in [3.05, 3.63) is 29.1 Å². The molecule has 2 heterocycles. The molecule has 1 aliphatic rings. The van der Waals surface area contributed by atoms with Gasteiger partial charge in [-0.25, -0.2) is 0 Å². The van der Waals surface area contributed by atoms with E-state index >= 15 is 0 Å². The fourth-order valence-electron chi connectivity index (χ4n) is 2.61. The first-order valence-corrected chi connectivity index (χ1v) is 7.13. The molecule has 0 saturated carbocycles. The number of rotatable bonds is 2. The molecule has 2 nitrogen and oxygen atoms in total. The minimum atomic E-state index is 0.427. The highest BCUT2D eigenvalue weighted by Gasteiger charge is 2.14. The second kappa shape index (κ2) is 4.67. The molecule has 1 aliphatic heterocycles. The molecule has 1 N–H and O–H groups in total. The van der Waals surface area contributed by atoms with Crippen molar-refractivity contribution in [2.45, 2.75) is 25.8 Å². The van der Waals surface area contributed by atoms with Crippen LogP contribution < -0.4 is 0 Å². The number of thiophene rings is 1. The van der Waals surface area contributed by atoms with Crippen molar-refractivity contribution >= 4 is 21.4 Å². The van der Waals surface area contributed by atoms with Gasteiger partial charge in [0.15, 0.2) is 0 Å². The molecule has 1 saturated heterocycles.